The van der Waals surface area contributed by atoms with Gasteiger partial charge in [-0.25, -0.2) is 4.39 Å². The highest BCUT2D eigenvalue weighted by Gasteiger charge is 2.31. The van der Waals surface area contributed by atoms with Crippen LogP contribution in [0, 0.1) is 5.82 Å². The number of hydrogen-bond donors (Lipinski definition) is 0. The Morgan fingerprint density at radius 3 is 2.63 bits per heavy atom. The quantitative estimate of drug-likeness (QED) is 0.628. The topological polar surface area (TPSA) is 47.3 Å². The van der Waals surface area contributed by atoms with Gasteiger partial charge in [0.15, 0.2) is 17.3 Å². The molecule has 0 unspecified atom stereocenters. The summed E-state index contributed by atoms with van der Waals surface area (Å²) in [5, 5.41) is 0. The molecule has 0 saturated carbocycles. The Bertz CT molecular complexity index is 753. The Labute approximate surface area is 108 Å². The van der Waals surface area contributed by atoms with E-state index in [0.717, 1.165) is 6.07 Å². The van der Waals surface area contributed by atoms with Crippen molar-refractivity contribution in [3.8, 4) is 0 Å². The number of carbonyl (C=O) groups is 2. The van der Waals surface area contributed by atoms with Gasteiger partial charge in [0.1, 0.15) is 5.82 Å². The number of ketones is 2. The van der Waals surface area contributed by atoms with Gasteiger partial charge in [-0.3, -0.25) is 9.59 Å². The standard InChI is InChI=1S/C15H9FO3/c1-7-10-4-3-9(16)5-12(10)14(18)15-11(7)6-13(19-15)8(2)17/h3-6H,1H2,2H3. The van der Waals surface area contributed by atoms with Gasteiger partial charge in [-0.1, -0.05) is 12.6 Å². The molecule has 2 aromatic rings. The maximum atomic E-state index is 13.2. The average molecular weight is 256 g/mol. The summed E-state index contributed by atoms with van der Waals surface area (Å²) in [6.45, 7) is 5.24. The highest BCUT2D eigenvalue weighted by molar-refractivity contribution is 6.17. The van der Waals surface area contributed by atoms with Crippen molar-refractivity contribution >= 4 is 17.1 Å². The Kier molecular flexibility index (Phi) is 2.29. The van der Waals surface area contributed by atoms with Gasteiger partial charge in [0.05, 0.1) is 0 Å². The molecule has 1 aliphatic rings. The van der Waals surface area contributed by atoms with Gasteiger partial charge in [0.2, 0.25) is 5.78 Å². The molecule has 0 radical (unpaired) electrons. The van der Waals surface area contributed by atoms with Gasteiger partial charge in [-0.15, -0.1) is 0 Å². The molecule has 0 aliphatic heterocycles. The van der Waals surface area contributed by atoms with E-state index in [1.54, 1.807) is 0 Å². The van der Waals surface area contributed by atoms with E-state index in [4.69, 9.17) is 4.42 Å². The molecule has 1 aliphatic carbocycles. The number of rotatable bonds is 1. The van der Waals surface area contributed by atoms with Crippen LogP contribution in [-0.4, -0.2) is 11.6 Å². The summed E-state index contributed by atoms with van der Waals surface area (Å²) in [6, 6.07) is 5.44. The minimum absolute atomic E-state index is 0.0494. The van der Waals surface area contributed by atoms with Crippen molar-refractivity contribution in [1.29, 1.82) is 0 Å². The molecule has 0 atom stereocenters. The van der Waals surface area contributed by atoms with E-state index in [1.165, 1.54) is 25.1 Å². The molecular weight excluding hydrogens is 247 g/mol. The molecule has 4 heteroatoms. The molecule has 94 valence electrons. The Hall–Kier alpha value is -2.49. The summed E-state index contributed by atoms with van der Waals surface area (Å²) in [6.07, 6.45) is 0. The largest absolute Gasteiger partial charge is 0.449 e. The maximum Gasteiger partial charge on any atom is 0.229 e. The fourth-order valence-corrected chi connectivity index (χ4v) is 2.19. The number of carbonyl (C=O) groups excluding carboxylic acids is 2. The Balaban J connectivity index is 2.26. The van der Waals surface area contributed by atoms with Crippen LogP contribution in [0.5, 0.6) is 0 Å². The van der Waals surface area contributed by atoms with Crippen LogP contribution in [0.4, 0.5) is 4.39 Å². The van der Waals surface area contributed by atoms with Crippen molar-refractivity contribution in [2.24, 2.45) is 0 Å². The summed E-state index contributed by atoms with van der Waals surface area (Å²) in [5.41, 5.74) is 1.83. The van der Waals surface area contributed by atoms with E-state index >= 15 is 0 Å². The van der Waals surface area contributed by atoms with E-state index in [9.17, 15) is 14.0 Å². The lowest BCUT2D eigenvalue weighted by molar-refractivity contribution is 0.0972. The van der Waals surface area contributed by atoms with E-state index in [0.29, 0.717) is 16.7 Å². The summed E-state index contributed by atoms with van der Waals surface area (Å²) >= 11 is 0. The average Bonchev–Trinajstić information content (AvgIpc) is 2.81. The third-order valence-corrected chi connectivity index (χ3v) is 3.16. The summed E-state index contributed by atoms with van der Waals surface area (Å²) < 4.78 is 18.5. The number of fused-ring (bicyclic) bond motifs is 2. The van der Waals surface area contributed by atoms with Crippen LogP contribution in [0.1, 0.15) is 44.7 Å². The normalized spacial score (nSPS) is 13.2. The lowest BCUT2D eigenvalue weighted by Gasteiger charge is -2.16. The van der Waals surface area contributed by atoms with Gasteiger partial charge in [0.25, 0.3) is 0 Å². The van der Waals surface area contributed by atoms with Crippen LogP contribution >= 0.6 is 0 Å². The number of furan rings is 1. The molecule has 3 nitrogen and oxygen atoms in total. The van der Waals surface area contributed by atoms with Gasteiger partial charge < -0.3 is 4.42 Å². The van der Waals surface area contributed by atoms with Gasteiger partial charge >= 0.3 is 0 Å². The molecule has 0 saturated heterocycles. The van der Waals surface area contributed by atoms with Crippen LogP contribution in [0.2, 0.25) is 0 Å². The van der Waals surface area contributed by atoms with Crippen molar-refractivity contribution in [2.75, 3.05) is 0 Å². The summed E-state index contributed by atoms with van der Waals surface area (Å²) in [5.74, 6) is -1.04. The molecule has 1 aromatic heterocycles. The number of Topliss-reactive ketones (excluding diaryl/α,β-unsaturated/α-hetero) is 1. The van der Waals surface area contributed by atoms with E-state index < -0.39 is 11.6 Å². The van der Waals surface area contributed by atoms with Crippen molar-refractivity contribution < 1.29 is 18.4 Å². The summed E-state index contributed by atoms with van der Waals surface area (Å²) in [7, 11) is 0. The van der Waals surface area contributed by atoms with Crippen LogP contribution in [0.15, 0.2) is 35.3 Å². The van der Waals surface area contributed by atoms with Gasteiger partial charge in [0, 0.05) is 18.1 Å². The molecule has 0 N–H and O–H groups in total. The fraction of sp³-hybridized carbons (Fsp3) is 0.0667. The van der Waals surface area contributed by atoms with Crippen LogP contribution < -0.4 is 0 Å². The van der Waals surface area contributed by atoms with Gasteiger partial charge in [-0.05, 0) is 29.3 Å². The first-order chi connectivity index (χ1) is 8.99. The second kappa shape index (κ2) is 3.75. The first-order valence-electron chi connectivity index (χ1n) is 5.67. The first-order valence-corrected chi connectivity index (χ1v) is 5.67. The number of halogens is 1. The molecule has 0 spiro atoms. The molecule has 19 heavy (non-hydrogen) atoms. The Morgan fingerprint density at radius 1 is 1.21 bits per heavy atom. The van der Waals surface area contributed by atoms with E-state index in [-0.39, 0.29) is 22.9 Å². The zero-order valence-electron chi connectivity index (χ0n) is 10.1. The zero-order valence-corrected chi connectivity index (χ0v) is 10.1. The monoisotopic (exact) mass is 256 g/mol. The smallest absolute Gasteiger partial charge is 0.229 e. The zero-order chi connectivity index (χ0) is 13.7. The second-order valence-corrected chi connectivity index (χ2v) is 4.41. The lowest BCUT2D eigenvalue weighted by atomic mass is 9.86. The predicted molar refractivity (Wildman–Crippen MR) is 66.7 cm³/mol. The van der Waals surface area contributed by atoms with Crippen molar-refractivity contribution in [3.63, 3.8) is 0 Å². The third-order valence-electron chi connectivity index (χ3n) is 3.16. The molecule has 1 aromatic carbocycles. The van der Waals surface area contributed by atoms with Crippen molar-refractivity contribution in [2.45, 2.75) is 6.92 Å². The second-order valence-electron chi connectivity index (χ2n) is 4.41. The van der Waals surface area contributed by atoms with Gasteiger partial charge in [-0.2, -0.15) is 0 Å². The lowest BCUT2D eigenvalue weighted by Crippen LogP contribution is -2.12. The Morgan fingerprint density at radius 2 is 1.95 bits per heavy atom. The van der Waals surface area contributed by atoms with E-state index in [1.807, 2.05) is 0 Å². The number of hydrogen-bond acceptors (Lipinski definition) is 3. The third kappa shape index (κ3) is 1.57. The molecular formula is C15H9FO3. The SMILES string of the molecule is C=C1c2ccc(F)cc2C(=O)c2oc(C(C)=O)cc21. The molecule has 0 amide bonds. The first kappa shape index (κ1) is 11.6. The van der Waals surface area contributed by atoms with Crippen LogP contribution in [-0.2, 0) is 0 Å². The highest BCUT2D eigenvalue weighted by atomic mass is 19.1. The minimum atomic E-state index is -0.498. The molecule has 1 heterocycles. The fourth-order valence-electron chi connectivity index (χ4n) is 2.19. The number of benzene rings is 1. The molecule has 0 fully saturated rings. The maximum absolute atomic E-state index is 13.2. The van der Waals surface area contributed by atoms with E-state index in [2.05, 4.69) is 6.58 Å². The van der Waals surface area contributed by atoms with Crippen molar-refractivity contribution in [3.05, 3.63) is 64.9 Å². The van der Waals surface area contributed by atoms with Crippen LogP contribution in [0.3, 0.4) is 0 Å². The summed E-state index contributed by atoms with van der Waals surface area (Å²) in [4.78, 5) is 23.5. The van der Waals surface area contributed by atoms with Crippen LogP contribution in [0.25, 0.3) is 5.57 Å². The minimum Gasteiger partial charge on any atom is -0.449 e. The van der Waals surface area contributed by atoms with Crippen molar-refractivity contribution in [1.82, 2.24) is 0 Å². The highest BCUT2D eigenvalue weighted by Crippen LogP contribution is 2.36. The molecule has 3 rings (SSSR count). The predicted octanol–water partition coefficient (Wildman–Crippen LogP) is 3.23. The molecule has 0 bridgehead atoms.